The van der Waals surface area contributed by atoms with E-state index in [-0.39, 0.29) is 0 Å². The Hall–Kier alpha value is -1.26. The van der Waals surface area contributed by atoms with Crippen molar-refractivity contribution in [3.8, 4) is 0 Å². The van der Waals surface area contributed by atoms with Crippen molar-refractivity contribution in [3.63, 3.8) is 0 Å². The van der Waals surface area contributed by atoms with Crippen molar-refractivity contribution in [2.24, 2.45) is 0 Å². The molecule has 0 bridgehead atoms. The number of nitrogens with zero attached hydrogens (tertiary/aromatic N) is 1. The third kappa shape index (κ3) is 1.83. The molecule has 1 aromatic rings. The van der Waals surface area contributed by atoms with Crippen LogP contribution in [0.2, 0.25) is 0 Å². The first-order valence-electron chi connectivity index (χ1n) is 2.84. The highest BCUT2D eigenvalue weighted by Crippen LogP contribution is 2.27. The maximum absolute atomic E-state index is 11.9. The molecule has 2 N–H and O–H groups in total. The van der Waals surface area contributed by atoms with Gasteiger partial charge in [-0.05, 0) is 6.07 Å². The summed E-state index contributed by atoms with van der Waals surface area (Å²) in [7, 11) is 0. The molecule has 0 fully saturated rings. The fraction of sp³-hybridized carbons (Fsp3) is 0.167. The molecule has 0 aliphatic heterocycles. The lowest BCUT2D eigenvalue weighted by atomic mass is 10.3. The van der Waals surface area contributed by atoms with Crippen LogP contribution in [0.1, 0.15) is 5.56 Å². The first kappa shape index (κ1) is 7.84. The predicted molar refractivity (Wildman–Crippen MR) is 31.8 cm³/mol. The minimum atomic E-state index is -4.32. The zero-order valence-corrected chi connectivity index (χ0v) is 5.47. The van der Waals surface area contributed by atoms with E-state index in [9.17, 15) is 13.2 Å². The van der Waals surface area contributed by atoms with Gasteiger partial charge in [0.1, 0.15) is 5.56 Å². The molecule has 0 unspecified atom stereocenters. The summed E-state index contributed by atoms with van der Waals surface area (Å²) >= 11 is 0. The van der Waals surface area contributed by atoms with Crippen LogP contribution < -0.4 is 10.5 Å². The molecule has 0 amide bonds. The molecular weight excluding hydrogens is 157 g/mol. The zero-order valence-electron chi connectivity index (χ0n) is 5.47. The van der Waals surface area contributed by atoms with E-state index >= 15 is 0 Å². The van der Waals surface area contributed by atoms with Gasteiger partial charge in [0.05, 0.1) is 0 Å². The Labute approximate surface area is 61.0 Å². The topological polar surface area (TPSA) is 29.9 Å². The second-order valence-electron chi connectivity index (χ2n) is 2.04. The van der Waals surface area contributed by atoms with Crippen LogP contribution in [0.5, 0.6) is 0 Å². The fourth-order valence-electron chi connectivity index (χ4n) is 0.660. The van der Waals surface area contributed by atoms with Crippen LogP contribution in [0.3, 0.4) is 0 Å². The molecule has 2 nitrogen and oxygen atoms in total. The highest BCUT2D eigenvalue weighted by Gasteiger charge is 2.32. The first-order valence-corrected chi connectivity index (χ1v) is 2.84. The van der Waals surface area contributed by atoms with Gasteiger partial charge in [-0.2, -0.15) is 13.2 Å². The number of rotatable bonds is 0. The van der Waals surface area contributed by atoms with E-state index in [1.54, 1.807) is 0 Å². The van der Waals surface area contributed by atoms with Crippen molar-refractivity contribution in [2.45, 2.75) is 6.18 Å². The molecule has 0 saturated carbocycles. The van der Waals surface area contributed by atoms with Gasteiger partial charge in [0.25, 0.3) is 0 Å². The van der Waals surface area contributed by atoms with E-state index in [1.165, 1.54) is 12.3 Å². The van der Waals surface area contributed by atoms with Crippen LogP contribution >= 0.6 is 0 Å². The maximum Gasteiger partial charge on any atom is 0.422 e. The molecule has 60 valence electrons. The Kier molecular flexibility index (Phi) is 1.72. The lowest BCUT2D eigenvalue weighted by Crippen LogP contribution is -2.44. The second kappa shape index (κ2) is 2.41. The summed E-state index contributed by atoms with van der Waals surface area (Å²) in [4.78, 5) is 0. The lowest BCUT2D eigenvalue weighted by molar-refractivity contribution is -0.640. The van der Waals surface area contributed by atoms with E-state index < -0.39 is 11.7 Å². The Morgan fingerprint density at radius 3 is 2.36 bits per heavy atom. The fourth-order valence-corrected chi connectivity index (χ4v) is 0.660. The van der Waals surface area contributed by atoms with Gasteiger partial charge >= 0.3 is 6.18 Å². The first-order chi connectivity index (χ1) is 5.00. The van der Waals surface area contributed by atoms with Gasteiger partial charge in [0.15, 0.2) is 6.20 Å². The number of hydrogen-bond donors (Lipinski definition) is 1. The van der Waals surface area contributed by atoms with Gasteiger partial charge in [-0.1, -0.05) is 4.68 Å². The van der Waals surface area contributed by atoms with E-state index in [0.29, 0.717) is 0 Å². The van der Waals surface area contributed by atoms with Crippen LogP contribution in [0.25, 0.3) is 0 Å². The average molecular weight is 163 g/mol. The molecular formula is C6H6F3N2+. The van der Waals surface area contributed by atoms with Crippen LogP contribution in [0.4, 0.5) is 13.2 Å². The normalized spacial score (nSPS) is 11.5. The zero-order chi connectivity index (χ0) is 8.48. The highest BCUT2D eigenvalue weighted by atomic mass is 19.4. The van der Waals surface area contributed by atoms with Gasteiger partial charge in [0.2, 0.25) is 6.20 Å². The minimum Gasteiger partial charge on any atom is -0.205 e. The predicted octanol–water partition coefficient (Wildman–Crippen LogP) is 0.707. The summed E-state index contributed by atoms with van der Waals surface area (Å²) in [5, 5.41) is 0. The van der Waals surface area contributed by atoms with Gasteiger partial charge in [-0.3, -0.25) is 0 Å². The number of hydrogen-bond acceptors (Lipinski definition) is 1. The SMILES string of the molecule is N[n+]1cccc(C(F)(F)F)c1. The number of nitrogens with two attached hydrogens (primary N) is 1. The smallest absolute Gasteiger partial charge is 0.205 e. The summed E-state index contributed by atoms with van der Waals surface area (Å²) in [6.07, 6.45) is -2.17. The minimum absolute atomic E-state index is 0.748. The molecule has 0 radical (unpaired) electrons. The van der Waals surface area contributed by atoms with Crippen molar-refractivity contribution in [1.82, 2.24) is 0 Å². The van der Waals surface area contributed by atoms with Gasteiger partial charge < -0.3 is 0 Å². The Morgan fingerprint density at radius 2 is 2.00 bits per heavy atom. The van der Waals surface area contributed by atoms with Gasteiger partial charge in [-0.15, -0.1) is 0 Å². The molecule has 0 aliphatic carbocycles. The summed E-state index contributed by atoms with van der Waals surface area (Å²) < 4.78 is 36.6. The summed E-state index contributed by atoms with van der Waals surface area (Å²) in [6, 6.07) is 2.20. The Balaban J connectivity index is 3.06. The number of alkyl halides is 3. The van der Waals surface area contributed by atoms with Crippen molar-refractivity contribution in [2.75, 3.05) is 5.84 Å². The molecule has 0 saturated heterocycles. The lowest BCUT2D eigenvalue weighted by Gasteiger charge is -2.02. The molecule has 5 heteroatoms. The molecule has 1 rings (SSSR count). The van der Waals surface area contributed by atoms with Gasteiger partial charge in [0, 0.05) is 6.07 Å². The van der Waals surface area contributed by atoms with Crippen LogP contribution in [-0.2, 0) is 6.18 Å². The van der Waals surface area contributed by atoms with E-state index in [4.69, 9.17) is 5.84 Å². The van der Waals surface area contributed by atoms with E-state index in [1.807, 2.05) is 0 Å². The summed E-state index contributed by atoms with van der Waals surface area (Å²) in [6.45, 7) is 0. The maximum atomic E-state index is 11.9. The molecule has 1 heterocycles. The highest BCUT2D eigenvalue weighted by molar-refractivity contribution is 5.09. The molecule has 0 atom stereocenters. The quantitative estimate of drug-likeness (QED) is 0.443. The molecule has 0 aliphatic rings. The monoisotopic (exact) mass is 163 g/mol. The van der Waals surface area contributed by atoms with E-state index in [2.05, 4.69) is 0 Å². The standard InChI is InChI=1S/C6H6F3N2/c7-6(8,9)5-2-1-3-11(10)4-5/h1-4H,10H2/q+1. The summed E-state index contributed by atoms with van der Waals surface area (Å²) in [5.74, 6) is 5.07. The van der Waals surface area contributed by atoms with Crippen LogP contribution in [-0.4, -0.2) is 0 Å². The average Bonchev–Trinajstić information content (AvgIpc) is 1.86. The third-order valence-electron chi connectivity index (χ3n) is 1.15. The third-order valence-corrected chi connectivity index (χ3v) is 1.15. The Morgan fingerprint density at radius 1 is 1.36 bits per heavy atom. The van der Waals surface area contributed by atoms with Crippen LogP contribution in [0, 0.1) is 0 Å². The number of aromatic nitrogens is 1. The van der Waals surface area contributed by atoms with Gasteiger partial charge in [-0.25, -0.2) is 5.84 Å². The molecule has 0 aromatic carbocycles. The number of pyridine rings is 1. The van der Waals surface area contributed by atoms with Crippen molar-refractivity contribution < 1.29 is 17.8 Å². The number of halogens is 3. The van der Waals surface area contributed by atoms with Crippen molar-refractivity contribution in [3.05, 3.63) is 30.1 Å². The van der Waals surface area contributed by atoms with Crippen LogP contribution in [0.15, 0.2) is 24.5 Å². The Bertz CT molecular complexity index is 256. The van der Waals surface area contributed by atoms with Crippen molar-refractivity contribution >= 4 is 0 Å². The van der Waals surface area contributed by atoms with E-state index in [0.717, 1.165) is 16.9 Å². The largest absolute Gasteiger partial charge is 0.422 e. The molecule has 1 aromatic heterocycles. The van der Waals surface area contributed by atoms with Crippen molar-refractivity contribution in [1.29, 1.82) is 0 Å². The second-order valence-corrected chi connectivity index (χ2v) is 2.04. The number of nitrogen functional groups attached to an aromatic ring is 1. The molecule has 11 heavy (non-hydrogen) atoms. The molecule has 0 spiro atoms. The summed E-state index contributed by atoms with van der Waals surface area (Å²) in [5.41, 5.74) is -0.748.